The maximum Gasteiger partial charge on any atom is 0.330 e. The Bertz CT molecular complexity index is 1070. The second kappa shape index (κ2) is 10.7. The normalized spacial score (nSPS) is 12.1. The van der Waals surface area contributed by atoms with Crippen molar-refractivity contribution in [1.29, 1.82) is 0 Å². The van der Waals surface area contributed by atoms with Gasteiger partial charge in [-0.3, -0.25) is 0 Å². The fourth-order valence-corrected chi connectivity index (χ4v) is 3.08. The highest BCUT2D eigenvalue weighted by molar-refractivity contribution is 5.97. The fourth-order valence-electron chi connectivity index (χ4n) is 3.08. The summed E-state index contributed by atoms with van der Waals surface area (Å²) >= 11 is 0. The molecule has 3 rings (SSSR count). The standard InChI is InChI=1S/C24H25N3O5/c1-2-31-21-14-18(10-13-20(21)32-15-16-6-4-3-5-7-16)22(24(28)29)26-19-11-8-17(9-12-19)23(25)27-30/h3-14,22,26,30H,2,15H2,1H3,(H2,25,27)(H,28,29). The number of rotatable bonds is 10. The molecule has 0 saturated carbocycles. The van der Waals surface area contributed by atoms with Crippen LogP contribution in [0.15, 0.2) is 78.0 Å². The van der Waals surface area contributed by atoms with Gasteiger partial charge >= 0.3 is 5.97 Å². The molecule has 0 aromatic heterocycles. The van der Waals surface area contributed by atoms with Gasteiger partial charge in [-0.15, -0.1) is 0 Å². The molecule has 8 heteroatoms. The molecular formula is C24H25N3O5. The van der Waals surface area contributed by atoms with Gasteiger partial charge in [-0.2, -0.15) is 0 Å². The van der Waals surface area contributed by atoms with Gasteiger partial charge in [0.1, 0.15) is 6.61 Å². The van der Waals surface area contributed by atoms with Gasteiger partial charge in [0.25, 0.3) is 0 Å². The Labute approximate surface area is 185 Å². The van der Waals surface area contributed by atoms with Crippen LogP contribution in [-0.4, -0.2) is 28.7 Å². The summed E-state index contributed by atoms with van der Waals surface area (Å²) in [6, 6.07) is 20.4. The molecule has 166 valence electrons. The number of oxime groups is 1. The number of nitrogens with one attached hydrogen (secondary N) is 1. The van der Waals surface area contributed by atoms with Gasteiger partial charge in [-0.25, -0.2) is 4.79 Å². The predicted octanol–water partition coefficient (Wildman–Crippen LogP) is 4.00. The second-order valence-corrected chi connectivity index (χ2v) is 6.89. The van der Waals surface area contributed by atoms with Crippen LogP contribution >= 0.6 is 0 Å². The summed E-state index contributed by atoms with van der Waals surface area (Å²) in [7, 11) is 0. The topological polar surface area (TPSA) is 126 Å². The number of carboxylic acids is 1. The first-order valence-corrected chi connectivity index (χ1v) is 10.0. The van der Waals surface area contributed by atoms with Crippen LogP contribution < -0.4 is 20.5 Å². The minimum absolute atomic E-state index is 0.0289. The van der Waals surface area contributed by atoms with Crippen molar-refractivity contribution in [2.45, 2.75) is 19.6 Å². The molecule has 8 nitrogen and oxygen atoms in total. The Balaban J connectivity index is 1.81. The van der Waals surface area contributed by atoms with E-state index in [4.69, 9.17) is 20.4 Å². The van der Waals surface area contributed by atoms with E-state index in [1.54, 1.807) is 42.5 Å². The minimum atomic E-state index is -1.05. The van der Waals surface area contributed by atoms with Crippen molar-refractivity contribution in [2.24, 2.45) is 10.9 Å². The molecule has 1 unspecified atom stereocenters. The molecule has 0 bridgehead atoms. The lowest BCUT2D eigenvalue weighted by atomic mass is 10.1. The van der Waals surface area contributed by atoms with Crippen molar-refractivity contribution in [3.05, 3.63) is 89.5 Å². The van der Waals surface area contributed by atoms with Crippen LogP contribution in [0.2, 0.25) is 0 Å². The van der Waals surface area contributed by atoms with Gasteiger partial charge in [0, 0.05) is 11.3 Å². The first kappa shape index (κ1) is 22.5. The van der Waals surface area contributed by atoms with Crippen molar-refractivity contribution >= 4 is 17.5 Å². The Morgan fingerprint density at radius 1 is 1.03 bits per heavy atom. The summed E-state index contributed by atoms with van der Waals surface area (Å²) < 4.78 is 11.6. The van der Waals surface area contributed by atoms with Gasteiger partial charge in [-0.1, -0.05) is 41.6 Å². The van der Waals surface area contributed by atoms with Crippen molar-refractivity contribution in [3.8, 4) is 11.5 Å². The van der Waals surface area contributed by atoms with Crippen LogP contribution in [0.25, 0.3) is 0 Å². The average Bonchev–Trinajstić information content (AvgIpc) is 2.82. The summed E-state index contributed by atoms with van der Waals surface area (Å²) in [5, 5.41) is 24.5. The highest BCUT2D eigenvalue weighted by Crippen LogP contribution is 2.32. The Hall–Kier alpha value is -4.20. The quantitative estimate of drug-likeness (QED) is 0.164. The van der Waals surface area contributed by atoms with E-state index in [0.29, 0.717) is 41.5 Å². The SMILES string of the molecule is CCOc1cc(C(Nc2ccc(/C(N)=N\O)cc2)C(=O)O)ccc1OCc1ccccc1. The molecule has 0 heterocycles. The number of hydrogen-bond acceptors (Lipinski definition) is 6. The van der Waals surface area contributed by atoms with E-state index in [1.165, 1.54) is 0 Å². The molecule has 0 spiro atoms. The van der Waals surface area contributed by atoms with E-state index in [2.05, 4.69) is 10.5 Å². The summed E-state index contributed by atoms with van der Waals surface area (Å²) in [6.45, 7) is 2.63. The second-order valence-electron chi connectivity index (χ2n) is 6.89. The van der Waals surface area contributed by atoms with Gasteiger partial charge in [0.2, 0.25) is 0 Å². The van der Waals surface area contributed by atoms with Crippen LogP contribution in [0.5, 0.6) is 11.5 Å². The van der Waals surface area contributed by atoms with Crippen molar-refractivity contribution in [1.82, 2.24) is 0 Å². The molecule has 3 aromatic rings. The highest BCUT2D eigenvalue weighted by atomic mass is 16.5. The first-order valence-electron chi connectivity index (χ1n) is 10.0. The zero-order chi connectivity index (χ0) is 22.9. The largest absolute Gasteiger partial charge is 0.490 e. The smallest absolute Gasteiger partial charge is 0.330 e. The summed E-state index contributed by atoms with van der Waals surface area (Å²) in [5.74, 6) is -0.0762. The lowest BCUT2D eigenvalue weighted by Gasteiger charge is -2.19. The van der Waals surface area contributed by atoms with E-state index in [9.17, 15) is 9.90 Å². The van der Waals surface area contributed by atoms with E-state index < -0.39 is 12.0 Å². The average molecular weight is 435 g/mol. The van der Waals surface area contributed by atoms with Gasteiger partial charge in [0.05, 0.1) is 6.61 Å². The van der Waals surface area contributed by atoms with Crippen LogP contribution in [0.3, 0.4) is 0 Å². The van der Waals surface area contributed by atoms with Gasteiger partial charge in [0.15, 0.2) is 23.4 Å². The molecular weight excluding hydrogens is 410 g/mol. The van der Waals surface area contributed by atoms with Crippen molar-refractivity contribution in [3.63, 3.8) is 0 Å². The fraction of sp³-hybridized carbons (Fsp3) is 0.167. The summed E-state index contributed by atoms with van der Waals surface area (Å²) in [5.41, 5.74) is 8.17. The molecule has 0 fully saturated rings. The first-order chi connectivity index (χ1) is 15.5. The number of carboxylic acid groups (broad SMARTS) is 1. The number of benzene rings is 3. The maximum absolute atomic E-state index is 12.0. The number of nitrogens with zero attached hydrogens (tertiary/aromatic N) is 1. The lowest BCUT2D eigenvalue weighted by Crippen LogP contribution is -2.21. The monoisotopic (exact) mass is 435 g/mol. The third kappa shape index (κ3) is 5.69. The number of nitrogens with two attached hydrogens (primary N) is 1. The molecule has 0 radical (unpaired) electrons. The van der Waals surface area contributed by atoms with Crippen LogP contribution in [0, 0.1) is 0 Å². The number of carbonyl (C=O) groups is 1. The number of hydrogen-bond donors (Lipinski definition) is 4. The highest BCUT2D eigenvalue weighted by Gasteiger charge is 2.22. The van der Waals surface area contributed by atoms with E-state index in [0.717, 1.165) is 5.56 Å². The predicted molar refractivity (Wildman–Crippen MR) is 121 cm³/mol. The third-order valence-electron chi connectivity index (χ3n) is 4.68. The van der Waals surface area contributed by atoms with Gasteiger partial charge in [-0.05, 0) is 54.4 Å². The number of aliphatic carboxylic acids is 1. The molecule has 0 aliphatic heterocycles. The van der Waals surface area contributed by atoms with E-state index in [1.807, 2.05) is 37.3 Å². The zero-order valence-corrected chi connectivity index (χ0v) is 17.6. The molecule has 1 atom stereocenters. The van der Waals surface area contributed by atoms with Gasteiger partial charge < -0.3 is 30.8 Å². The van der Waals surface area contributed by atoms with Crippen LogP contribution in [0.4, 0.5) is 5.69 Å². The molecule has 5 N–H and O–H groups in total. The van der Waals surface area contributed by atoms with Crippen molar-refractivity contribution < 1.29 is 24.6 Å². The van der Waals surface area contributed by atoms with E-state index in [-0.39, 0.29) is 5.84 Å². The van der Waals surface area contributed by atoms with Crippen LogP contribution in [-0.2, 0) is 11.4 Å². The molecule has 3 aromatic carbocycles. The Morgan fingerprint density at radius 2 is 1.75 bits per heavy atom. The molecule has 0 aliphatic carbocycles. The number of ether oxygens (including phenoxy) is 2. The Kier molecular flexibility index (Phi) is 7.53. The summed E-state index contributed by atoms with van der Waals surface area (Å²) in [4.78, 5) is 12.0. The molecule has 32 heavy (non-hydrogen) atoms. The lowest BCUT2D eigenvalue weighted by molar-refractivity contribution is -0.138. The zero-order valence-electron chi connectivity index (χ0n) is 17.6. The molecule has 0 amide bonds. The number of anilines is 1. The summed E-state index contributed by atoms with van der Waals surface area (Å²) in [6.07, 6.45) is 0. The van der Waals surface area contributed by atoms with E-state index >= 15 is 0 Å². The molecule has 0 aliphatic rings. The third-order valence-corrected chi connectivity index (χ3v) is 4.68. The number of amidine groups is 1. The Morgan fingerprint density at radius 3 is 2.38 bits per heavy atom. The minimum Gasteiger partial charge on any atom is -0.490 e. The maximum atomic E-state index is 12.0. The molecule has 0 saturated heterocycles. The van der Waals surface area contributed by atoms with Crippen molar-refractivity contribution in [2.75, 3.05) is 11.9 Å². The van der Waals surface area contributed by atoms with Crippen LogP contribution in [0.1, 0.15) is 29.7 Å².